The number of nitrogens with zero attached hydrogens (tertiary/aromatic N) is 1. The van der Waals surface area contributed by atoms with Crippen LogP contribution in [0.1, 0.15) is 22.8 Å². The van der Waals surface area contributed by atoms with Gasteiger partial charge >= 0.3 is 0 Å². The van der Waals surface area contributed by atoms with E-state index in [0.29, 0.717) is 27.3 Å². The summed E-state index contributed by atoms with van der Waals surface area (Å²) in [6, 6.07) is 10.6. The van der Waals surface area contributed by atoms with Crippen molar-refractivity contribution in [3.63, 3.8) is 0 Å². The number of fused-ring (bicyclic) bond motifs is 1. The van der Waals surface area contributed by atoms with Crippen LogP contribution in [0.15, 0.2) is 40.9 Å². The third-order valence-electron chi connectivity index (χ3n) is 3.80. The van der Waals surface area contributed by atoms with Crippen molar-refractivity contribution in [1.82, 2.24) is 0 Å². The average molecular weight is 394 g/mol. The van der Waals surface area contributed by atoms with Crippen molar-refractivity contribution >= 4 is 50.7 Å². The van der Waals surface area contributed by atoms with Gasteiger partial charge in [0.15, 0.2) is 0 Å². The van der Waals surface area contributed by atoms with E-state index in [-0.39, 0.29) is 11.8 Å². The summed E-state index contributed by atoms with van der Waals surface area (Å²) in [4.78, 5) is 25.7. The summed E-state index contributed by atoms with van der Waals surface area (Å²) in [6.45, 7) is 2.23. The first-order valence-electron chi connectivity index (χ1n) is 7.13. The quantitative estimate of drug-likeness (QED) is 0.828. The summed E-state index contributed by atoms with van der Waals surface area (Å²) in [7, 11) is 0. The summed E-state index contributed by atoms with van der Waals surface area (Å²) >= 11 is 9.25. The molecule has 0 fully saturated rings. The minimum absolute atomic E-state index is 0.00820. The van der Waals surface area contributed by atoms with Gasteiger partial charge in [-0.1, -0.05) is 17.7 Å². The summed E-state index contributed by atoms with van der Waals surface area (Å²) < 4.78 is 0.670. The smallest absolute Gasteiger partial charge is 0.255 e. The zero-order valence-electron chi connectivity index (χ0n) is 12.4. The lowest BCUT2D eigenvalue weighted by atomic mass is 10.1. The second-order valence-corrected chi connectivity index (χ2v) is 6.61. The van der Waals surface area contributed by atoms with E-state index in [1.807, 2.05) is 18.2 Å². The molecule has 1 heterocycles. The lowest BCUT2D eigenvalue weighted by molar-refractivity contribution is -0.116. The Kier molecular flexibility index (Phi) is 4.41. The number of benzene rings is 2. The molecule has 0 aliphatic carbocycles. The normalized spacial score (nSPS) is 12.9. The monoisotopic (exact) mass is 392 g/mol. The molecule has 1 N–H and O–H groups in total. The van der Waals surface area contributed by atoms with Gasteiger partial charge in [0.25, 0.3) is 5.91 Å². The van der Waals surface area contributed by atoms with E-state index in [4.69, 9.17) is 11.6 Å². The van der Waals surface area contributed by atoms with Crippen LogP contribution in [0.5, 0.6) is 0 Å². The number of hydrogen-bond acceptors (Lipinski definition) is 2. The Labute approximate surface area is 147 Å². The highest BCUT2D eigenvalue weighted by molar-refractivity contribution is 9.10. The fourth-order valence-corrected chi connectivity index (χ4v) is 3.12. The number of halogens is 2. The van der Waals surface area contributed by atoms with Crippen LogP contribution in [0.4, 0.5) is 11.4 Å². The SMILES string of the molecule is CC(=O)N1CCc2ccc(NC(=O)c3ccc(Cl)c(Br)c3)cc21. The van der Waals surface area contributed by atoms with E-state index >= 15 is 0 Å². The number of rotatable bonds is 2. The molecule has 23 heavy (non-hydrogen) atoms. The van der Waals surface area contributed by atoms with Crippen molar-refractivity contribution < 1.29 is 9.59 Å². The maximum Gasteiger partial charge on any atom is 0.255 e. The number of nitrogens with one attached hydrogen (secondary N) is 1. The van der Waals surface area contributed by atoms with Crippen molar-refractivity contribution in [3.05, 3.63) is 57.0 Å². The van der Waals surface area contributed by atoms with Crippen LogP contribution < -0.4 is 10.2 Å². The maximum absolute atomic E-state index is 12.3. The zero-order chi connectivity index (χ0) is 16.6. The first-order valence-corrected chi connectivity index (χ1v) is 8.30. The zero-order valence-corrected chi connectivity index (χ0v) is 14.7. The van der Waals surface area contributed by atoms with Crippen molar-refractivity contribution in [2.24, 2.45) is 0 Å². The van der Waals surface area contributed by atoms with Crippen LogP contribution >= 0.6 is 27.5 Å². The standard InChI is InChI=1S/C17H14BrClN2O2/c1-10(22)21-7-6-11-2-4-13(9-16(11)21)20-17(23)12-3-5-15(19)14(18)8-12/h2-5,8-9H,6-7H2,1H3,(H,20,23). The summed E-state index contributed by atoms with van der Waals surface area (Å²) in [6.07, 6.45) is 0.841. The molecule has 0 atom stereocenters. The molecule has 2 aromatic rings. The lowest BCUT2D eigenvalue weighted by Crippen LogP contribution is -2.25. The van der Waals surface area contributed by atoms with E-state index < -0.39 is 0 Å². The summed E-state index contributed by atoms with van der Waals surface area (Å²) in [5.74, 6) is -0.219. The van der Waals surface area contributed by atoms with Gasteiger partial charge in [-0.15, -0.1) is 0 Å². The third kappa shape index (κ3) is 3.26. The lowest BCUT2D eigenvalue weighted by Gasteiger charge is -2.16. The number of carbonyl (C=O) groups excluding carboxylic acids is 2. The van der Waals surface area contributed by atoms with Gasteiger partial charge in [0.2, 0.25) is 5.91 Å². The van der Waals surface area contributed by atoms with Crippen molar-refractivity contribution in [2.45, 2.75) is 13.3 Å². The average Bonchev–Trinajstić information content (AvgIpc) is 2.93. The molecule has 118 valence electrons. The van der Waals surface area contributed by atoms with Gasteiger partial charge in [-0.3, -0.25) is 9.59 Å². The predicted molar refractivity (Wildman–Crippen MR) is 95.3 cm³/mol. The van der Waals surface area contributed by atoms with Crippen molar-refractivity contribution in [3.8, 4) is 0 Å². The van der Waals surface area contributed by atoms with Crippen LogP contribution in [0, 0.1) is 0 Å². The fraction of sp³-hybridized carbons (Fsp3) is 0.176. The van der Waals surface area contributed by atoms with Crippen molar-refractivity contribution in [1.29, 1.82) is 0 Å². The molecule has 0 saturated carbocycles. The highest BCUT2D eigenvalue weighted by Crippen LogP contribution is 2.31. The number of anilines is 2. The second kappa shape index (κ2) is 6.34. The Morgan fingerprint density at radius 2 is 2.00 bits per heavy atom. The first kappa shape index (κ1) is 16.0. The van der Waals surface area contributed by atoms with E-state index in [1.165, 1.54) is 0 Å². The summed E-state index contributed by atoms with van der Waals surface area (Å²) in [5, 5.41) is 3.41. The van der Waals surface area contributed by atoms with Crippen LogP contribution in [-0.4, -0.2) is 18.4 Å². The minimum Gasteiger partial charge on any atom is -0.322 e. The van der Waals surface area contributed by atoms with Crippen molar-refractivity contribution in [2.75, 3.05) is 16.8 Å². The first-order chi connectivity index (χ1) is 11.0. The highest BCUT2D eigenvalue weighted by atomic mass is 79.9. The Morgan fingerprint density at radius 1 is 1.22 bits per heavy atom. The van der Waals surface area contributed by atoms with Gasteiger partial charge in [-0.2, -0.15) is 0 Å². The Morgan fingerprint density at radius 3 is 2.70 bits per heavy atom. The molecule has 0 saturated heterocycles. The Balaban J connectivity index is 1.83. The van der Waals surface area contributed by atoms with Gasteiger partial charge in [0, 0.05) is 34.9 Å². The maximum atomic E-state index is 12.3. The second-order valence-electron chi connectivity index (χ2n) is 5.35. The molecule has 0 radical (unpaired) electrons. The molecule has 2 aromatic carbocycles. The van der Waals surface area contributed by atoms with Crippen LogP contribution in [0.2, 0.25) is 5.02 Å². The third-order valence-corrected chi connectivity index (χ3v) is 5.01. The van der Waals surface area contributed by atoms with Crippen LogP contribution in [0.25, 0.3) is 0 Å². The molecule has 1 aliphatic heterocycles. The van der Waals surface area contributed by atoms with E-state index in [1.54, 1.807) is 30.0 Å². The fourth-order valence-electron chi connectivity index (χ4n) is 2.62. The molecule has 0 unspecified atom stereocenters. The number of amides is 2. The van der Waals surface area contributed by atoms with Crippen LogP contribution in [0.3, 0.4) is 0 Å². The molecular weight excluding hydrogens is 380 g/mol. The Hall–Kier alpha value is -1.85. The molecule has 2 amide bonds. The molecule has 6 heteroatoms. The molecule has 0 bridgehead atoms. The number of hydrogen-bond donors (Lipinski definition) is 1. The topological polar surface area (TPSA) is 49.4 Å². The largest absolute Gasteiger partial charge is 0.322 e. The Bertz CT molecular complexity index is 807. The molecular formula is C17H14BrClN2O2. The van der Waals surface area contributed by atoms with Crippen LogP contribution in [-0.2, 0) is 11.2 Å². The van der Waals surface area contributed by atoms with E-state index in [0.717, 1.165) is 17.7 Å². The van der Waals surface area contributed by atoms with E-state index in [2.05, 4.69) is 21.2 Å². The predicted octanol–water partition coefficient (Wildman–Crippen LogP) is 4.26. The molecule has 1 aliphatic rings. The molecule has 3 rings (SSSR count). The molecule has 4 nitrogen and oxygen atoms in total. The summed E-state index contributed by atoms with van der Waals surface area (Å²) in [5.41, 5.74) is 3.15. The van der Waals surface area contributed by atoms with E-state index in [9.17, 15) is 9.59 Å². The van der Waals surface area contributed by atoms with Gasteiger partial charge < -0.3 is 10.2 Å². The van der Waals surface area contributed by atoms with Gasteiger partial charge in [-0.05, 0) is 58.2 Å². The van der Waals surface area contributed by atoms with Gasteiger partial charge in [-0.25, -0.2) is 0 Å². The number of carbonyl (C=O) groups is 2. The molecule has 0 spiro atoms. The highest BCUT2D eigenvalue weighted by Gasteiger charge is 2.22. The van der Waals surface area contributed by atoms with Gasteiger partial charge in [0.05, 0.1) is 5.02 Å². The minimum atomic E-state index is -0.227. The van der Waals surface area contributed by atoms with Gasteiger partial charge in [0.1, 0.15) is 0 Å². The molecule has 0 aromatic heterocycles.